The Kier molecular flexibility index (Phi) is 10.6. The summed E-state index contributed by atoms with van der Waals surface area (Å²) in [7, 11) is 3.74. The summed E-state index contributed by atoms with van der Waals surface area (Å²) in [6.07, 6.45) is 1.75. The summed E-state index contributed by atoms with van der Waals surface area (Å²) in [5, 5.41) is 20.0. The van der Waals surface area contributed by atoms with E-state index in [9.17, 15) is 28.0 Å². The predicted molar refractivity (Wildman–Crippen MR) is 158 cm³/mol. The Morgan fingerprint density at radius 1 is 1.18 bits per heavy atom. The number of nitrogens with zero attached hydrogens (tertiary/aromatic N) is 4. The molecule has 1 aliphatic heterocycles. The van der Waals surface area contributed by atoms with Crippen LogP contribution in [0.25, 0.3) is 0 Å². The number of likely N-dealkylation sites (tertiary alicyclic amines) is 1. The van der Waals surface area contributed by atoms with Crippen molar-refractivity contribution in [3.8, 4) is 17.6 Å². The third-order valence-electron chi connectivity index (χ3n) is 8.00. The quantitative estimate of drug-likeness (QED) is 0.358. The molecular weight excluding hydrogens is 591 g/mol. The molecular formula is C32H36F3N5O5. The maximum absolute atomic E-state index is 13.5. The van der Waals surface area contributed by atoms with E-state index in [4.69, 9.17) is 14.6 Å². The first-order valence-electron chi connectivity index (χ1n) is 14.2. The number of carbonyl (C=O) groups excluding carboxylic acids is 2. The van der Waals surface area contributed by atoms with Crippen LogP contribution in [0.15, 0.2) is 55.0 Å². The molecule has 1 unspecified atom stereocenters. The van der Waals surface area contributed by atoms with Crippen LogP contribution in [-0.2, 0) is 32.4 Å². The molecule has 4 rings (SSSR count). The van der Waals surface area contributed by atoms with Crippen LogP contribution >= 0.6 is 0 Å². The summed E-state index contributed by atoms with van der Waals surface area (Å²) in [5.41, 5.74) is 1.30. The average Bonchev–Trinajstić information content (AvgIpc) is 3.36. The highest BCUT2D eigenvalue weighted by Gasteiger charge is 2.42. The van der Waals surface area contributed by atoms with Crippen molar-refractivity contribution in [3.63, 3.8) is 0 Å². The van der Waals surface area contributed by atoms with Gasteiger partial charge in [0.1, 0.15) is 23.1 Å². The number of ether oxygens (including phenoxy) is 1. The van der Waals surface area contributed by atoms with E-state index >= 15 is 0 Å². The number of benzene rings is 2. The summed E-state index contributed by atoms with van der Waals surface area (Å²) in [4.78, 5) is 40.6. The summed E-state index contributed by atoms with van der Waals surface area (Å²) in [6.45, 7) is 6.19. The highest BCUT2D eigenvalue weighted by molar-refractivity contribution is 5.88. The molecule has 2 N–H and O–H groups in total. The summed E-state index contributed by atoms with van der Waals surface area (Å²) in [5.74, 6) is -1.90. The van der Waals surface area contributed by atoms with Crippen molar-refractivity contribution in [3.05, 3.63) is 77.4 Å². The lowest BCUT2D eigenvalue weighted by molar-refractivity contribution is -0.192. The molecule has 1 aromatic heterocycles. The fourth-order valence-corrected chi connectivity index (χ4v) is 5.62. The SMILES string of the molecule is CC[C@@]1(c2cccc(Oc3cc(C(C)(NC(C)=O)c4cncn4C)ccc3C#N)c2)CCCCN(C)C1=O.O=C(O)C(F)(F)F. The standard InChI is InChI=1S/C30H35N5O3.C2HF3O2/c1-6-30(14-7-8-15-34(4)28(30)37)24-10-9-11-25(16-24)38-26-17-23(13-12-22(26)18-31)29(3,33-21(2)36)27-19-32-20-35(27)5;3-2(4,5)1(6)7/h9-13,16-17,19-20H,6-8,14-15H2,1-5H3,(H,33,36);(H,6,7)/t29?,30-;/m0./s1. The van der Waals surface area contributed by atoms with Gasteiger partial charge in [-0.3, -0.25) is 9.59 Å². The number of likely N-dealkylation sites (N-methyl/N-ethyl adjacent to an activating group) is 1. The van der Waals surface area contributed by atoms with Crippen LogP contribution in [-0.4, -0.2) is 57.1 Å². The van der Waals surface area contributed by atoms with Gasteiger partial charge in [0.2, 0.25) is 11.8 Å². The van der Waals surface area contributed by atoms with Crippen molar-refractivity contribution in [1.29, 1.82) is 5.26 Å². The van der Waals surface area contributed by atoms with Gasteiger partial charge in [0.05, 0.1) is 29.2 Å². The first-order valence-corrected chi connectivity index (χ1v) is 14.2. The van der Waals surface area contributed by atoms with Crippen LogP contribution in [0.4, 0.5) is 13.2 Å². The lowest BCUT2D eigenvalue weighted by Gasteiger charge is -2.33. The molecule has 2 aromatic carbocycles. The van der Waals surface area contributed by atoms with Gasteiger partial charge in [0, 0.05) is 27.6 Å². The number of nitriles is 1. The predicted octanol–water partition coefficient (Wildman–Crippen LogP) is 5.41. The Morgan fingerprint density at radius 3 is 2.42 bits per heavy atom. The molecule has 2 amide bonds. The highest BCUT2D eigenvalue weighted by Crippen LogP contribution is 2.40. The van der Waals surface area contributed by atoms with Crippen LogP contribution in [0.2, 0.25) is 0 Å². The number of amides is 2. The van der Waals surface area contributed by atoms with Crippen molar-refractivity contribution in [2.45, 2.75) is 63.6 Å². The number of carbonyl (C=O) groups is 3. The molecule has 10 nitrogen and oxygen atoms in total. The number of carboxylic acid groups (broad SMARTS) is 1. The second-order valence-electron chi connectivity index (χ2n) is 11.1. The first-order chi connectivity index (χ1) is 21.1. The van der Waals surface area contributed by atoms with Crippen LogP contribution in [0.1, 0.15) is 68.8 Å². The average molecular weight is 628 g/mol. The summed E-state index contributed by atoms with van der Waals surface area (Å²) in [6, 6.07) is 15.1. The number of halogens is 3. The molecule has 3 aromatic rings. The van der Waals surface area contributed by atoms with Crippen LogP contribution in [0.3, 0.4) is 0 Å². The number of hydrogen-bond acceptors (Lipinski definition) is 6. The monoisotopic (exact) mass is 627 g/mol. The van der Waals surface area contributed by atoms with Gasteiger partial charge >= 0.3 is 12.1 Å². The molecule has 45 heavy (non-hydrogen) atoms. The van der Waals surface area contributed by atoms with E-state index < -0.39 is 23.1 Å². The second kappa shape index (κ2) is 13.8. The minimum absolute atomic E-state index is 0.136. The molecule has 2 heterocycles. The Hall–Kier alpha value is -4.86. The Labute approximate surface area is 259 Å². The van der Waals surface area contributed by atoms with Gasteiger partial charge in [-0.1, -0.05) is 31.5 Å². The van der Waals surface area contributed by atoms with Gasteiger partial charge < -0.3 is 24.6 Å². The smallest absolute Gasteiger partial charge is 0.475 e. The molecule has 0 radical (unpaired) electrons. The van der Waals surface area contributed by atoms with Crippen LogP contribution in [0.5, 0.6) is 11.5 Å². The maximum atomic E-state index is 13.5. The zero-order chi connectivity index (χ0) is 33.6. The second-order valence-corrected chi connectivity index (χ2v) is 11.1. The summed E-state index contributed by atoms with van der Waals surface area (Å²) < 4.78 is 39.9. The Balaban J connectivity index is 0.000000707. The van der Waals surface area contributed by atoms with E-state index in [-0.39, 0.29) is 11.8 Å². The van der Waals surface area contributed by atoms with Gasteiger partial charge in [0.15, 0.2) is 0 Å². The molecule has 0 saturated carbocycles. The van der Waals surface area contributed by atoms with Crippen molar-refractivity contribution >= 4 is 17.8 Å². The number of aromatic nitrogens is 2. The number of carboxylic acids is 1. The first kappa shape index (κ1) is 34.6. The van der Waals surface area contributed by atoms with E-state index in [1.165, 1.54) is 6.92 Å². The molecule has 240 valence electrons. The third kappa shape index (κ3) is 7.63. The molecule has 1 fully saturated rings. The van der Waals surface area contributed by atoms with E-state index in [1.807, 2.05) is 60.8 Å². The van der Waals surface area contributed by atoms with Gasteiger partial charge in [0.25, 0.3) is 0 Å². The minimum atomic E-state index is -5.08. The molecule has 13 heteroatoms. The fourth-order valence-electron chi connectivity index (χ4n) is 5.62. The number of alkyl halides is 3. The van der Waals surface area contributed by atoms with E-state index in [1.54, 1.807) is 24.7 Å². The van der Waals surface area contributed by atoms with Crippen molar-refractivity contribution in [2.24, 2.45) is 7.05 Å². The number of hydrogen-bond donors (Lipinski definition) is 2. The van der Waals surface area contributed by atoms with Crippen LogP contribution in [0, 0.1) is 11.3 Å². The lowest BCUT2D eigenvalue weighted by Crippen LogP contribution is -2.44. The van der Waals surface area contributed by atoms with E-state index in [0.29, 0.717) is 23.5 Å². The molecule has 2 atom stereocenters. The molecule has 0 bridgehead atoms. The van der Waals surface area contributed by atoms with Gasteiger partial charge in [-0.25, -0.2) is 9.78 Å². The molecule has 1 aliphatic rings. The molecule has 0 spiro atoms. The molecule has 1 saturated heterocycles. The normalized spacial score (nSPS) is 18.0. The minimum Gasteiger partial charge on any atom is -0.475 e. The number of nitrogens with one attached hydrogen (secondary N) is 1. The third-order valence-corrected chi connectivity index (χ3v) is 8.00. The number of rotatable bonds is 7. The number of aliphatic carboxylic acids is 1. The number of imidazole rings is 1. The largest absolute Gasteiger partial charge is 0.490 e. The van der Waals surface area contributed by atoms with E-state index in [0.717, 1.165) is 42.6 Å². The van der Waals surface area contributed by atoms with Gasteiger partial charge in [-0.2, -0.15) is 18.4 Å². The Bertz CT molecular complexity index is 1600. The fraction of sp³-hybridized carbons (Fsp3) is 0.406. The van der Waals surface area contributed by atoms with Crippen molar-refractivity contribution < 1.29 is 37.4 Å². The highest BCUT2D eigenvalue weighted by atomic mass is 19.4. The maximum Gasteiger partial charge on any atom is 0.490 e. The zero-order valence-electron chi connectivity index (χ0n) is 25.7. The molecule has 0 aliphatic carbocycles. The van der Waals surface area contributed by atoms with E-state index in [2.05, 4.69) is 23.3 Å². The summed E-state index contributed by atoms with van der Waals surface area (Å²) >= 11 is 0. The lowest BCUT2D eigenvalue weighted by atomic mass is 9.73. The van der Waals surface area contributed by atoms with Crippen molar-refractivity contribution in [2.75, 3.05) is 13.6 Å². The number of aryl methyl sites for hydroxylation is 1. The zero-order valence-corrected chi connectivity index (χ0v) is 25.7. The van der Waals surface area contributed by atoms with Crippen LogP contribution < -0.4 is 10.1 Å². The van der Waals surface area contributed by atoms with Gasteiger partial charge in [-0.05, 0) is 61.6 Å². The van der Waals surface area contributed by atoms with Crippen molar-refractivity contribution in [1.82, 2.24) is 19.8 Å². The van der Waals surface area contributed by atoms with Gasteiger partial charge in [-0.15, -0.1) is 0 Å². The topological polar surface area (TPSA) is 138 Å². The Morgan fingerprint density at radius 2 is 1.87 bits per heavy atom.